The van der Waals surface area contributed by atoms with Crippen LogP contribution in [0.5, 0.6) is 0 Å². The van der Waals surface area contributed by atoms with E-state index in [1.54, 1.807) is 38.5 Å². The number of fused-ring (bicyclic) bond motifs is 1. The van der Waals surface area contributed by atoms with E-state index in [0.29, 0.717) is 0 Å². The van der Waals surface area contributed by atoms with E-state index in [4.69, 9.17) is 0 Å². The van der Waals surface area contributed by atoms with Crippen LogP contribution in [0, 0.1) is 29.6 Å². The first-order chi connectivity index (χ1) is 6.83. The molecule has 0 saturated heterocycles. The fourth-order valence-electron chi connectivity index (χ4n) is 4.07. The number of hydrogen-bond donors (Lipinski definition) is 0. The zero-order valence-corrected chi connectivity index (χ0v) is 9.54. The van der Waals surface area contributed by atoms with E-state index in [9.17, 15) is 0 Å². The maximum atomic E-state index is 2.44. The minimum atomic E-state index is 1.03. The Bertz CT molecular complexity index is 200. The molecule has 0 aromatic heterocycles. The minimum Gasteiger partial charge on any atom is -0.0625 e. The Balaban J connectivity index is 1.54. The quantitative estimate of drug-likeness (QED) is 0.582. The molecular formula is C14H24. The molecule has 14 heavy (non-hydrogen) atoms. The number of hydrogen-bond acceptors (Lipinski definition) is 0. The van der Waals surface area contributed by atoms with Crippen LogP contribution in [0.3, 0.4) is 0 Å². The van der Waals surface area contributed by atoms with Crippen molar-refractivity contribution in [2.45, 2.75) is 58.3 Å². The molecule has 3 saturated carbocycles. The molecule has 80 valence electrons. The first-order valence-corrected chi connectivity index (χ1v) is 6.83. The molecule has 0 spiro atoms. The van der Waals surface area contributed by atoms with Gasteiger partial charge in [-0.25, -0.2) is 0 Å². The van der Waals surface area contributed by atoms with E-state index in [0.717, 1.165) is 17.8 Å². The van der Waals surface area contributed by atoms with Gasteiger partial charge in [0.2, 0.25) is 0 Å². The van der Waals surface area contributed by atoms with Crippen LogP contribution >= 0.6 is 0 Å². The molecule has 0 N–H and O–H groups in total. The Morgan fingerprint density at radius 1 is 0.571 bits per heavy atom. The maximum absolute atomic E-state index is 2.44. The SMILES string of the molecule is CC1CCC(C2CCC3CC3C2)CC1. The summed E-state index contributed by atoms with van der Waals surface area (Å²) >= 11 is 0. The third-order valence-electron chi connectivity index (χ3n) is 5.31. The molecule has 3 unspecified atom stereocenters. The lowest BCUT2D eigenvalue weighted by Gasteiger charge is -2.34. The third kappa shape index (κ3) is 1.73. The fraction of sp³-hybridized carbons (Fsp3) is 1.00. The molecule has 3 rings (SSSR count). The maximum Gasteiger partial charge on any atom is -0.0380 e. The second kappa shape index (κ2) is 3.54. The molecule has 0 heterocycles. The van der Waals surface area contributed by atoms with Crippen LogP contribution in [0.1, 0.15) is 58.3 Å². The Morgan fingerprint density at radius 2 is 1.07 bits per heavy atom. The van der Waals surface area contributed by atoms with E-state index in [-0.39, 0.29) is 0 Å². The van der Waals surface area contributed by atoms with Crippen molar-refractivity contribution in [3.8, 4) is 0 Å². The summed E-state index contributed by atoms with van der Waals surface area (Å²) in [4.78, 5) is 0. The summed E-state index contributed by atoms with van der Waals surface area (Å²) in [5.41, 5.74) is 0. The smallest absolute Gasteiger partial charge is 0.0380 e. The zero-order valence-electron chi connectivity index (χ0n) is 9.54. The highest BCUT2D eigenvalue weighted by Crippen LogP contribution is 2.54. The lowest BCUT2D eigenvalue weighted by molar-refractivity contribution is 0.168. The summed E-state index contributed by atoms with van der Waals surface area (Å²) in [6.07, 6.45) is 12.5. The predicted octanol–water partition coefficient (Wildman–Crippen LogP) is 4.25. The van der Waals surface area contributed by atoms with Crippen molar-refractivity contribution in [2.75, 3.05) is 0 Å². The van der Waals surface area contributed by atoms with Crippen LogP contribution in [0.4, 0.5) is 0 Å². The van der Waals surface area contributed by atoms with Crippen molar-refractivity contribution in [3.05, 3.63) is 0 Å². The van der Waals surface area contributed by atoms with Gasteiger partial charge in [-0.3, -0.25) is 0 Å². The van der Waals surface area contributed by atoms with Gasteiger partial charge in [0.15, 0.2) is 0 Å². The molecule has 0 bridgehead atoms. The molecule has 0 aromatic carbocycles. The molecular weight excluding hydrogens is 168 g/mol. The van der Waals surface area contributed by atoms with E-state index < -0.39 is 0 Å². The van der Waals surface area contributed by atoms with Crippen molar-refractivity contribution < 1.29 is 0 Å². The standard InChI is InChI=1S/C14H24/c1-10-2-4-11(5-3-10)12-6-7-13-9-14(13)8-12/h10-14H,2-9H2,1H3. The summed E-state index contributed by atoms with van der Waals surface area (Å²) < 4.78 is 0. The first-order valence-electron chi connectivity index (χ1n) is 6.83. The normalized spacial score (nSPS) is 52.5. The lowest BCUT2D eigenvalue weighted by atomic mass is 9.71. The average Bonchev–Trinajstić information content (AvgIpc) is 2.96. The van der Waals surface area contributed by atoms with Crippen molar-refractivity contribution in [1.82, 2.24) is 0 Å². The van der Waals surface area contributed by atoms with Crippen LogP contribution in [-0.4, -0.2) is 0 Å². The molecule has 3 aliphatic rings. The van der Waals surface area contributed by atoms with Crippen LogP contribution in [0.2, 0.25) is 0 Å². The second-order valence-electron chi connectivity index (χ2n) is 6.35. The first kappa shape index (κ1) is 9.24. The Labute approximate surface area is 88.5 Å². The van der Waals surface area contributed by atoms with Crippen LogP contribution in [-0.2, 0) is 0 Å². The van der Waals surface area contributed by atoms with Gasteiger partial charge in [0.05, 0.1) is 0 Å². The summed E-state index contributed by atoms with van der Waals surface area (Å²) in [5, 5.41) is 0. The van der Waals surface area contributed by atoms with Crippen molar-refractivity contribution in [1.29, 1.82) is 0 Å². The van der Waals surface area contributed by atoms with Gasteiger partial charge >= 0.3 is 0 Å². The molecule has 0 nitrogen and oxygen atoms in total. The topological polar surface area (TPSA) is 0 Å². The minimum absolute atomic E-state index is 1.03. The van der Waals surface area contributed by atoms with E-state index >= 15 is 0 Å². The molecule has 3 fully saturated rings. The monoisotopic (exact) mass is 192 g/mol. The summed E-state index contributed by atoms with van der Waals surface area (Å²) in [6.45, 7) is 2.44. The molecule has 0 aromatic rings. The Hall–Kier alpha value is 0. The van der Waals surface area contributed by atoms with Gasteiger partial charge in [0, 0.05) is 0 Å². The molecule has 0 amide bonds. The summed E-state index contributed by atoms with van der Waals surface area (Å²) in [7, 11) is 0. The van der Waals surface area contributed by atoms with Crippen LogP contribution in [0.25, 0.3) is 0 Å². The van der Waals surface area contributed by atoms with E-state index in [1.165, 1.54) is 24.7 Å². The summed E-state index contributed by atoms with van der Waals surface area (Å²) in [6, 6.07) is 0. The fourth-order valence-corrected chi connectivity index (χ4v) is 4.07. The highest BCUT2D eigenvalue weighted by Gasteiger charge is 2.43. The lowest BCUT2D eigenvalue weighted by Crippen LogP contribution is -2.23. The van der Waals surface area contributed by atoms with Crippen molar-refractivity contribution in [3.63, 3.8) is 0 Å². The van der Waals surface area contributed by atoms with Gasteiger partial charge in [0.25, 0.3) is 0 Å². The van der Waals surface area contributed by atoms with Gasteiger partial charge in [-0.1, -0.05) is 19.8 Å². The van der Waals surface area contributed by atoms with Gasteiger partial charge < -0.3 is 0 Å². The van der Waals surface area contributed by atoms with E-state index in [2.05, 4.69) is 6.92 Å². The Morgan fingerprint density at radius 3 is 1.64 bits per heavy atom. The van der Waals surface area contributed by atoms with Gasteiger partial charge in [0.1, 0.15) is 0 Å². The van der Waals surface area contributed by atoms with E-state index in [1.807, 2.05) is 0 Å². The predicted molar refractivity (Wildman–Crippen MR) is 60.1 cm³/mol. The molecule has 0 radical (unpaired) electrons. The second-order valence-corrected chi connectivity index (χ2v) is 6.35. The highest BCUT2D eigenvalue weighted by atomic mass is 14.5. The number of rotatable bonds is 1. The van der Waals surface area contributed by atoms with Gasteiger partial charge in [-0.05, 0) is 68.1 Å². The van der Waals surface area contributed by atoms with Crippen molar-refractivity contribution in [2.24, 2.45) is 29.6 Å². The average molecular weight is 192 g/mol. The molecule has 3 atom stereocenters. The third-order valence-corrected chi connectivity index (χ3v) is 5.31. The zero-order chi connectivity index (χ0) is 9.54. The van der Waals surface area contributed by atoms with Crippen LogP contribution < -0.4 is 0 Å². The van der Waals surface area contributed by atoms with Crippen molar-refractivity contribution >= 4 is 0 Å². The van der Waals surface area contributed by atoms with Gasteiger partial charge in [-0.15, -0.1) is 0 Å². The van der Waals surface area contributed by atoms with Crippen LogP contribution in [0.15, 0.2) is 0 Å². The Kier molecular flexibility index (Phi) is 2.34. The molecule has 3 aliphatic carbocycles. The van der Waals surface area contributed by atoms with Gasteiger partial charge in [-0.2, -0.15) is 0 Å². The highest BCUT2D eigenvalue weighted by molar-refractivity contribution is 4.94. The largest absolute Gasteiger partial charge is 0.0625 e. The molecule has 0 aliphatic heterocycles. The summed E-state index contributed by atoms with van der Waals surface area (Å²) in [5.74, 6) is 5.68. The molecule has 0 heteroatoms.